The van der Waals surface area contributed by atoms with E-state index in [9.17, 15) is 22.0 Å². The Morgan fingerprint density at radius 2 is 1.38 bits per heavy atom. The lowest BCUT2D eigenvalue weighted by atomic mass is 9.68. The first-order valence-corrected chi connectivity index (χ1v) is 11.0. The van der Waals surface area contributed by atoms with Gasteiger partial charge in [0, 0.05) is 0 Å². The quantitative estimate of drug-likeness (QED) is 0.337. The second kappa shape index (κ2) is 9.61. The number of aryl methyl sites for hydroxylation is 1. The third-order valence-corrected chi connectivity index (χ3v) is 7.07. The summed E-state index contributed by atoms with van der Waals surface area (Å²) in [6.07, 6.45) is 10.6. The van der Waals surface area contributed by atoms with Gasteiger partial charge in [0.25, 0.3) is 0 Å². The standard InChI is InChI=1S/C24H31F5/c1-2-3-16-6-10-19(11-7-16)20-12-8-17(9-13-20)4-5-18-14-21(25)23(22(26)15-18)24(27,28)29/h2-3,14-17,19-20H,4-13H2,1H3/b3-2+/t16-,17-,19-,20-. The smallest absolute Gasteiger partial charge is 0.206 e. The van der Waals surface area contributed by atoms with Crippen LogP contribution in [0.3, 0.4) is 0 Å². The molecule has 0 atom stereocenters. The Balaban J connectivity index is 1.46. The number of alkyl halides is 3. The summed E-state index contributed by atoms with van der Waals surface area (Å²) >= 11 is 0. The van der Waals surface area contributed by atoms with Crippen molar-refractivity contribution in [3.8, 4) is 0 Å². The van der Waals surface area contributed by atoms with Crippen LogP contribution < -0.4 is 0 Å². The van der Waals surface area contributed by atoms with E-state index in [1.165, 1.54) is 38.5 Å². The first-order chi connectivity index (χ1) is 13.8. The van der Waals surface area contributed by atoms with Gasteiger partial charge in [0.2, 0.25) is 0 Å². The summed E-state index contributed by atoms with van der Waals surface area (Å²) in [6.45, 7) is 2.08. The molecule has 1 aromatic carbocycles. The minimum Gasteiger partial charge on any atom is -0.206 e. The van der Waals surface area contributed by atoms with Gasteiger partial charge in [-0.1, -0.05) is 25.0 Å². The summed E-state index contributed by atoms with van der Waals surface area (Å²) in [7, 11) is 0. The summed E-state index contributed by atoms with van der Waals surface area (Å²) in [4.78, 5) is 0. The van der Waals surface area contributed by atoms with Gasteiger partial charge in [-0.15, -0.1) is 0 Å². The van der Waals surface area contributed by atoms with Crippen LogP contribution in [0.4, 0.5) is 22.0 Å². The van der Waals surface area contributed by atoms with Crippen molar-refractivity contribution in [1.82, 2.24) is 0 Å². The monoisotopic (exact) mass is 414 g/mol. The van der Waals surface area contributed by atoms with Gasteiger partial charge >= 0.3 is 6.18 Å². The highest BCUT2D eigenvalue weighted by atomic mass is 19.4. The second-order valence-corrected chi connectivity index (χ2v) is 8.95. The van der Waals surface area contributed by atoms with E-state index in [4.69, 9.17) is 0 Å². The number of halogens is 5. The Bertz CT molecular complexity index is 667. The van der Waals surface area contributed by atoms with Crippen LogP contribution in [0.5, 0.6) is 0 Å². The highest BCUT2D eigenvalue weighted by Gasteiger charge is 2.38. The molecule has 2 aliphatic rings. The molecule has 0 unspecified atom stereocenters. The largest absolute Gasteiger partial charge is 0.422 e. The highest BCUT2D eigenvalue weighted by molar-refractivity contribution is 5.28. The maximum absolute atomic E-state index is 13.7. The molecule has 5 heteroatoms. The van der Waals surface area contributed by atoms with Crippen molar-refractivity contribution < 1.29 is 22.0 Å². The Morgan fingerprint density at radius 3 is 1.86 bits per heavy atom. The minimum atomic E-state index is -5.00. The number of hydrogen-bond acceptors (Lipinski definition) is 0. The number of allylic oxidation sites excluding steroid dienone is 2. The molecule has 0 N–H and O–H groups in total. The Kier molecular flexibility index (Phi) is 7.39. The lowest BCUT2D eigenvalue weighted by molar-refractivity contribution is -0.142. The molecule has 162 valence electrons. The zero-order chi connectivity index (χ0) is 21.0. The van der Waals surface area contributed by atoms with Crippen LogP contribution in [-0.4, -0.2) is 0 Å². The van der Waals surface area contributed by atoms with Gasteiger partial charge in [0.15, 0.2) is 0 Å². The van der Waals surface area contributed by atoms with Gasteiger partial charge < -0.3 is 0 Å². The molecule has 0 aliphatic heterocycles. The molecular weight excluding hydrogens is 383 g/mol. The molecule has 1 aromatic rings. The molecule has 0 radical (unpaired) electrons. The Hall–Kier alpha value is -1.39. The fraction of sp³-hybridized carbons (Fsp3) is 0.667. The van der Waals surface area contributed by atoms with Crippen molar-refractivity contribution in [1.29, 1.82) is 0 Å². The molecule has 0 spiro atoms. The summed E-state index contributed by atoms with van der Waals surface area (Å²) in [6, 6.07) is 1.70. The maximum atomic E-state index is 13.7. The first-order valence-electron chi connectivity index (χ1n) is 11.0. The first kappa shape index (κ1) is 22.3. The molecule has 0 amide bonds. The average molecular weight is 415 g/mol. The summed E-state index contributed by atoms with van der Waals surface area (Å²) in [5.41, 5.74) is -1.47. The number of benzene rings is 1. The van der Waals surface area contributed by atoms with E-state index in [1.807, 2.05) is 0 Å². The van der Waals surface area contributed by atoms with Gasteiger partial charge in [0.05, 0.1) is 0 Å². The van der Waals surface area contributed by atoms with E-state index in [0.29, 0.717) is 17.9 Å². The van der Waals surface area contributed by atoms with Gasteiger partial charge in [-0.25, -0.2) is 8.78 Å². The van der Waals surface area contributed by atoms with E-state index >= 15 is 0 Å². The fourth-order valence-electron chi connectivity index (χ4n) is 5.44. The summed E-state index contributed by atoms with van der Waals surface area (Å²) in [5.74, 6) is -0.153. The summed E-state index contributed by atoms with van der Waals surface area (Å²) < 4.78 is 65.5. The van der Waals surface area contributed by atoms with Crippen molar-refractivity contribution >= 4 is 0 Å². The Morgan fingerprint density at radius 1 is 0.862 bits per heavy atom. The molecule has 0 aromatic heterocycles. The Labute approximate surface area is 170 Å². The zero-order valence-electron chi connectivity index (χ0n) is 17.1. The highest BCUT2D eigenvalue weighted by Crippen LogP contribution is 2.42. The van der Waals surface area contributed by atoms with E-state index in [-0.39, 0.29) is 0 Å². The predicted octanol–water partition coefficient (Wildman–Crippen LogP) is 8.11. The van der Waals surface area contributed by atoms with E-state index in [2.05, 4.69) is 19.1 Å². The van der Waals surface area contributed by atoms with Crippen LogP contribution in [0.25, 0.3) is 0 Å². The molecule has 2 saturated carbocycles. The van der Waals surface area contributed by atoms with Crippen molar-refractivity contribution in [3.63, 3.8) is 0 Å². The third kappa shape index (κ3) is 5.82. The molecule has 0 bridgehead atoms. The third-order valence-electron chi connectivity index (χ3n) is 7.07. The lowest BCUT2D eigenvalue weighted by Crippen LogP contribution is -2.25. The minimum absolute atomic E-state index is 0.317. The van der Waals surface area contributed by atoms with Crippen molar-refractivity contribution in [2.24, 2.45) is 23.7 Å². The fourth-order valence-corrected chi connectivity index (χ4v) is 5.44. The number of rotatable bonds is 5. The van der Waals surface area contributed by atoms with Crippen LogP contribution >= 0.6 is 0 Å². The van der Waals surface area contributed by atoms with Crippen molar-refractivity contribution in [3.05, 3.63) is 47.0 Å². The normalized spacial score (nSPS) is 28.8. The zero-order valence-corrected chi connectivity index (χ0v) is 17.1. The lowest BCUT2D eigenvalue weighted by Gasteiger charge is -2.37. The van der Waals surface area contributed by atoms with E-state index in [0.717, 1.165) is 49.1 Å². The molecular formula is C24H31F5. The van der Waals surface area contributed by atoms with Gasteiger partial charge in [-0.3, -0.25) is 0 Å². The maximum Gasteiger partial charge on any atom is 0.422 e. The van der Waals surface area contributed by atoms with E-state index < -0.39 is 23.4 Å². The molecule has 0 saturated heterocycles. The topological polar surface area (TPSA) is 0 Å². The van der Waals surface area contributed by atoms with Crippen LogP contribution in [0.15, 0.2) is 24.3 Å². The van der Waals surface area contributed by atoms with Gasteiger partial charge in [-0.2, -0.15) is 13.2 Å². The predicted molar refractivity (Wildman–Crippen MR) is 105 cm³/mol. The molecule has 29 heavy (non-hydrogen) atoms. The molecule has 0 nitrogen and oxygen atoms in total. The van der Waals surface area contributed by atoms with Crippen LogP contribution in [-0.2, 0) is 12.6 Å². The van der Waals surface area contributed by atoms with Crippen molar-refractivity contribution in [2.45, 2.75) is 77.3 Å². The molecule has 2 aliphatic carbocycles. The van der Waals surface area contributed by atoms with Gasteiger partial charge in [-0.05, 0) is 99.7 Å². The average Bonchev–Trinajstić information content (AvgIpc) is 2.66. The molecule has 2 fully saturated rings. The van der Waals surface area contributed by atoms with Crippen LogP contribution in [0.1, 0.15) is 75.8 Å². The summed E-state index contributed by atoms with van der Waals surface area (Å²) in [5, 5.41) is 0. The van der Waals surface area contributed by atoms with Crippen molar-refractivity contribution in [2.75, 3.05) is 0 Å². The number of hydrogen-bond donors (Lipinski definition) is 0. The van der Waals surface area contributed by atoms with Crippen LogP contribution in [0, 0.1) is 35.3 Å². The molecule has 0 heterocycles. The van der Waals surface area contributed by atoms with E-state index in [1.54, 1.807) is 0 Å². The van der Waals surface area contributed by atoms with Gasteiger partial charge in [0.1, 0.15) is 17.2 Å². The van der Waals surface area contributed by atoms with Crippen LogP contribution in [0.2, 0.25) is 0 Å². The second-order valence-electron chi connectivity index (χ2n) is 8.95. The molecule has 3 rings (SSSR count). The SMILES string of the molecule is C/C=C/[C@H]1CC[C@H]([C@H]2CC[C@H](CCc3cc(F)c(C(F)(F)F)c(F)c3)CC2)CC1.